The largest absolute Gasteiger partial charge is 0.468 e. The van der Waals surface area contributed by atoms with Gasteiger partial charge in [0.1, 0.15) is 23.5 Å². The van der Waals surface area contributed by atoms with Gasteiger partial charge in [0, 0.05) is 5.56 Å². The number of furan rings is 1. The van der Waals surface area contributed by atoms with Crippen LogP contribution in [-0.4, -0.2) is 26.2 Å². The lowest BCUT2D eigenvalue weighted by Crippen LogP contribution is -2.15. The highest BCUT2D eigenvalue weighted by atomic mass is 16.5. The second kappa shape index (κ2) is 7.72. The standard InChI is InChI=1S/C15H22O5/c1-5-7-8-11-12(15(17)19-4)9-20-13(11)10(6-2)14(16)18-3/h9-10H,5-8H2,1-4H3. The first-order chi connectivity index (χ1) is 9.60. The van der Waals surface area contributed by atoms with Gasteiger partial charge in [0.15, 0.2) is 0 Å². The van der Waals surface area contributed by atoms with Gasteiger partial charge < -0.3 is 13.9 Å². The van der Waals surface area contributed by atoms with Crippen LogP contribution in [0.1, 0.15) is 60.7 Å². The van der Waals surface area contributed by atoms with E-state index in [1.807, 2.05) is 6.92 Å². The zero-order valence-electron chi connectivity index (χ0n) is 12.5. The summed E-state index contributed by atoms with van der Waals surface area (Å²) < 4.78 is 15.0. The molecular weight excluding hydrogens is 260 g/mol. The van der Waals surface area contributed by atoms with Gasteiger partial charge in [-0.05, 0) is 19.3 Å². The molecule has 1 aromatic rings. The van der Waals surface area contributed by atoms with Gasteiger partial charge in [0.25, 0.3) is 0 Å². The number of carbonyl (C=O) groups excluding carboxylic acids is 2. The van der Waals surface area contributed by atoms with E-state index in [1.54, 1.807) is 0 Å². The number of hydrogen-bond donors (Lipinski definition) is 0. The third kappa shape index (κ3) is 3.40. The minimum absolute atomic E-state index is 0.351. The fourth-order valence-electron chi connectivity index (χ4n) is 2.18. The molecule has 5 nitrogen and oxygen atoms in total. The van der Waals surface area contributed by atoms with Gasteiger partial charge >= 0.3 is 11.9 Å². The Morgan fingerprint density at radius 2 is 1.95 bits per heavy atom. The molecule has 0 aromatic carbocycles. The van der Waals surface area contributed by atoms with E-state index in [0.29, 0.717) is 24.2 Å². The van der Waals surface area contributed by atoms with Crippen molar-refractivity contribution in [2.75, 3.05) is 14.2 Å². The van der Waals surface area contributed by atoms with Gasteiger partial charge in [0.2, 0.25) is 0 Å². The van der Waals surface area contributed by atoms with Crippen molar-refractivity contribution in [1.82, 2.24) is 0 Å². The van der Waals surface area contributed by atoms with Crippen molar-refractivity contribution in [1.29, 1.82) is 0 Å². The Kier molecular flexibility index (Phi) is 6.28. The summed E-state index contributed by atoms with van der Waals surface area (Å²) in [5.41, 5.74) is 1.16. The molecule has 0 radical (unpaired) electrons. The molecule has 112 valence electrons. The van der Waals surface area contributed by atoms with E-state index in [0.717, 1.165) is 18.4 Å². The van der Waals surface area contributed by atoms with Crippen LogP contribution >= 0.6 is 0 Å². The number of ether oxygens (including phenoxy) is 2. The molecule has 0 saturated carbocycles. The highest BCUT2D eigenvalue weighted by molar-refractivity contribution is 5.91. The molecule has 0 bridgehead atoms. The average Bonchev–Trinajstić information content (AvgIpc) is 2.88. The second-order valence-corrected chi connectivity index (χ2v) is 4.57. The Morgan fingerprint density at radius 3 is 2.45 bits per heavy atom. The van der Waals surface area contributed by atoms with Gasteiger partial charge in [0.05, 0.1) is 14.2 Å². The molecule has 0 spiro atoms. The molecule has 1 unspecified atom stereocenters. The third-order valence-corrected chi connectivity index (χ3v) is 3.32. The van der Waals surface area contributed by atoms with E-state index < -0.39 is 11.9 Å². The molecule has 5 heteroatoms. The van der Waals surface area contributed by atoms with Crippen LogP contribution in [0.2, 0.25) is 0 Å². The lowest BCUT2D eigenvalue weighted by Gasteiger charge is -2.12. The minimum atomic E-state index is -0.481. The van der Waals surface area contributed by atoms with Crippen molar-refractivity contribution in [2.24, 2.45) is 0 Å². The molecular formula is C15H22O5. The van der Waals surface area contributed by atoms with Crippen LogP contribution in [0, 0.1) is 0 Å². The smallest absolute Gasteiger partial charge is 0.341 e. The molecule has 0 amide bonds. The summed E-state index contributed by atoms with van der Waals surface area (Å²) in [5.74, 6) is -0.750. The quantitative estimate of drug-likeness (QED) is 0.719. The van der Waals surface area contributed by atoms with Crippen molar-refractivity contribution in [2.45, 2.75) is 45.4 Å². The maximum Gasteiger partial charge on any atom is 0.341 e. The molecule has 0 aliphatic rings. The van der Waals surface area contributed by atoms with E-state index in [1.165, 1.54) is 20.5 Å². The summed E-state index contributed by atoms with van der Waals surface area (Å²) >= 11 is 0. The predicted molar refractivity (Wildman–Crippen MR) is 73.7 cm³/mol. The summed E-state index contributed by atoms with van der Waals surface area (Å²) in [6, 6.07) is 0. The lowest BCUT2D eigenvalue weighted by molar-refractivity contribution is -0.142. The monoisotopic (exact) mass is 282 g/mol. The zero-order valence-corrected chi connectivity index (χ0v) is 12.5. The number of hydrogen-bond acceptors (Lipinski definition) is 5. The first-order valence-electron chi connectivity index (χ1n) is 6.86. The Hall–Kier alpha value is -1.78. The molecule has 1 rings (SSSR count). The summed E-state index contributed by atoms with van der Waals surface area (Å²) in [5, 5.41) is 0. The highest BCUT2D eigenvalue weighted by Crippen LogP contribution is 2.30. The summed E-state index contributed by atoms with van der Waals surface area (Å²) in [6.07, 6.45) is 4.51. The van der Waals surface area contributed by atoms with Gasteiger partial charge in [-0.2, -0.15) is 0 Å². The van der Waals surface area contributed by atoms with Crippen LogP contribution < -0.4 is 0 Å². The van der Waals surface area contributed by atoms with E-state index in [2.05, 4.69) is 6.92 Å². The first kappa shape index (κ1) is 16.3. The first-order valence-corrected chi connectivity index (χ1v) is 6.86. The molecule has 0 N–H and O–H groups in total. The topological polar surface area (TPSA) is 65.7 Å². The Labute approximate surface area is 119 Å². The summed E-state index contributed by atoms with van der Waals surface area (Å²) in [6.45, 7) is 3.95. The van der Waals surface area contributed by atoms with Crippen LogP contribution in [-0.2, 0) is 20.7 Å². The van der Waals surface area contributed by atoms with Gasteiger partial charge in [-0.1, -0.05) is 20.3 Å². The zero-order chi connectivity index (χ0) is 15.1. The van der Waals surface area contributed by atoms with Crippen LogP contribution in [0.15, 0.2) is 10.7 Å². The summed E-state index contributed by atoms with van der Waals surface area (Å²) in [7, 11) is 2.68. The van der Waals surface area contributed by atoms with Crippen LogP contribution in [0.4, 0.5) is 0 Å². The van der Waals surface area contributed by atoms with Crippen molar-refractivity contribution < 1.29 is 23.5 Å². The average molecular weight is 282 g/mol. The highest BCUT2D eigenvalue weighted by Gasteiger charge is 2.29. The SMILES string of the molecule is CCCCc1c(C(=O)OC)coc1C(CC)C(=O)OC. The molecule has 1 heterocycles. The lowest BCUT2D eigenvalue weighted by atomic mass is 9.95. The van der Waals surface area contributed by atoms with Gasteiger partial charge in [-0.25, -0.2) is 4.79 Å². The minimum Gasteiger partial charge on any atom is -0.468 e. The van der Waals surface area contributed by atoms with Crippen molar-refractivity contribution in [3.63, 3.8) is 0 Å². The Bertz CT molecular complexity index is 461. The van der Waals surface area contributed by atoms with E-state index in [-0.39, 0.29) is 5.97 Å². The van der Waals surface area contributed by atoms with Crippen molar-refractivity contribution in [3.8, 4) is 0 Å². The number of esters is 2. The molecule has 0 aliphatic heterocycles. The molecule has 1 atom stereocenters. The molecule has 0 aliphatic carbocycles. The van der Waals surface area contributed by atoms with Gasteiger partial charge in [-0.3, -0.25) is 4.79 Å². The fourth-order valence-corrected chi connectivity index (χ4v) is 2.18. The van der Waals surface area contributed by atoms with Crippen molar-refractivity contribution >= 4 is 11.9 Å². The maximum atomic E-state index is 11.8. The number of rotatable bonds is 7. The van der Waals surface area contributed by atoms with Crippen LogP contribution in [0.25, 0.3) is 0 Å². The predicted octanol–water partition coefficient (Wildman–Crippen LogP) is 3.08. The van der Waals surface area contributed by atoms with Crippen LogP contribution in [0.3, 0.4) is 0 Å². The molecule has 20 heavy (non-hydrogen) atoms. The molecule has 0 fully saturated rings. The molecule has 0 saturated heterocycles. The Morgan fingerprint density at radius 1 is 1.25 bits per heavy atom. The Balaban J connectivity index is 3.20. The fraction of sp³-hybridized carbons (Fsp3) is 0.600. The normalized spacial score (nSPS) is 12.0. The van der Waals surface area contributed by atoms with Crippen LogP contribution in [0.5, 0.6) is 0 Å². The third-order valence-electron chi connectivity index (χ3n) is 3.32. The van der Waals surface area contributed by atoms with Gasteiger partial charge in [-0.15, -0.1) is 0 Å². The maximum absolute atomic E-state index is 11.8. The second-order valence-electron chi connectivity index (χ2n) is 4.57. The van der Waals surface area contributed by atoms with E-state index >= 15 is 0 Å². The van der Waals surface area contributed by atoms with E-state index in [9.17, 15) is 9.59 Å². The summed E-state index contributed by atoms with van der Waals surface area (Å²) in [4.78, 5) is 23.6. The van der Waals surface area contributed by atoms with E-state index in [4.69, 9.17) is 13.9 Å². The number of methoxy groups -OCH3 is 2. The molecule has 1 aromatic heterocycles. The van der Waals surface area contributed by atoms with Crippen molar-refractivity contribution in [3.05, 3.63) is 23.2 Å². The number of unbranched alkanes of at least 4 members (excludes halogenated alkanes) is 1. The number of carbonyl (C=O) groups is 2.